The van der Waals surface area contributed by atoms with E-state index in [-0.39, 0.29) is 0 Å². The maximum Gasteiger partial charge on any atom is 0.228 e. The van der Waals surface area contributed by atoms with E-state index < -0.39 is 0 Å². The van der Waals surface area contributed by atoms with E-state index in [4.69, 9.17) is 16.1 Å². The quantitative estimate of drug-likeness (QED) is 0.609. The van der Waals surface area contributed by atoms with Crippen LogP contribution in [0.5, 0.6) is 0 Å². The summed E-state index contributed by atoms with van der Waals surface area (Å²) in [5.74, 6) is 2.03. The Morgan fingerprint density at radius 3 is 2.76 bits per heavy atom. The van der Waals surface area contributed by atoms with Gasteiger partial charge in [0.05, 0.1) is 6.54 Å². The second-order valence-electron chi connectivity index (χ2n) is 6.15. The van der Waals surface area contributed by atoms with Gasteiger partial charge in [0.2, 0.25) is 11.7 Å². The largest absolute Gasteiger partial charge is 0.357 e. The average Bonchev–Trinajstić information content (AvgIpc) is 3.28. The van der Waals surface area contributed by atoms with E-state index in [2.05, 4.69) is 32.7 Å². The van der Waals surface area contributed by atoms with E-state index in [1.165, 1.54) is 25.7 Å². The molecule has 1 aromatic heterocycles. The molecule has 0 spiro atoms. The number of nitrogens with one attached hydrogen (secondary N) is 2. The molecule has 1 aliphatic carbocycles. The van der Waals surface area contributed by atoms with Crippen molar-refractivity contribution >= 4 is 17.6 Å². The lowest BCUT2D eigenvalue weighted by Gasteiger charge is -2.16. The van der Waals surface area contributed by atoms with Crippen molar-refractivity contribution < 1.29 is 4.52 Å². The first-order chi connectivity index (χ1) is 12.2. The summed E-state index contributed by atoms with van der Waals surface area (Å²) in [6, 6.07) is 7.93. The fraction of sp³-hybridized carbons (Fsp3) is 0.500. The molecule has 0 saturated heterocycles. The molecule has 0 atom stereocenters. The predicted octanol–water partition coefficient (Wildman–Crippen LogP) is 3.43. The van der Waals surface area contributed by atoms with Crippen LogP contribution in [0.25, 0.3) is 11.4 Å². The number of hydrogen-bond acceptors (Lipinski definition) is 4. The van der Waals surface area contributed by atoms with Gasteiger partial charge in [0.15, 0.2) is 5.96 Å². The maximum atomic E-state index is 5.90. The SMILES string of the molecule is CCNC(=NCCc1nc(-c2ccc(Cl)cc2)no1)NC1CCCC1. The average molecular weight is 362 g/mol. The summed E-state index contributed by atoms with van der Waals surface area (Å²) >= 11 is 5.90. The van der Waals surface area contributed by atoms with Crippen LogP contribution in [0.3, 0.4) is 0 Å². The highest BCUT2D eigenvalue weighted by atomic mass is 35.5. The second-order valence-corrected chi connectivity index (χ2v) is 6.59. The van der Waals surface area contributed by atoms with Crippen molar-refractivity contribution in [1.29, 1.82) is 0 Å². The summed E-state index contributed by atoms with van der Waals surface area (Å²) in [5.41, 5.74) is 0.888. The lowest BCUT2D eigenvalue weighted by molar-refractivity contribution is 0.380. The topological polar surface area (TPSA) is 75.3 Å². The third-order valence-corrected chi connectivity index (χ3v) is 4.46. The lowest BCUT2D eigenvalue weighted by Crippen LogP contribution is -2.42. The number of halogens is 1. The van der Waals surface area contributed by atoms with Crippen LogP contribution in [0.15, 0.2) is 33.8 Å². The zero-order valence-electron chi connectivity index (χ0n) is 14.5. The van der Waals surface area contributed by atoms with Gasteiger partial charge < -0.3 is 15.2 Å². The van der Waals surface area contributed by atoms with Gasteiger partial charge in [-0.3, -0.25) is 4.99 Å². The van der Waals surface area contributed by atoms with Crippen molar-refractivity contribution in [3.05, 3.63) is 35.2 Å². The van der Waals surface area contributed by atoms with Gasteiger partial charge in [0, 0.05) is 29.6 Å². The van der Waals surface area contributed by atoms with Gasteiger partial charge in [-0.2, -0.15) is 4.98 Å². The first-order valence-electron chi connectivity index (χ1n) is 8.88. The van der Waals surface area contributed by atoms with E-state index >= 15 is 0 Å². The Balaban J connectivity index is 1.55. The van der Waals surface area contributed by atoms with Crippen LogP contribution < -0.4 is 10.6 Å². The van der Waals surface area contributed by atoms with Gasteiger partial charge in [0.25, 0.3) is 0 Å². The van der Waals surface area contributed by atoms with E-state index in [0.29, 0.717) is 35.7 Å². The molecule has 1 aliphatic rings. The molecule has 0 bridgehead atoms. The van der Waals surface area contributed by atoms with Gasteiger partial charge >= 0.3 is 0 Å². The lowest BCUT2D eigenvalue weighted by atomic mass is 10.2. The summed E-state index contributed by atoms with van der Waals surface area (Å²) in [4.78, 5) is 9.04. The number of benzene rings is 1. The fourth-order valence-electron chi connectivity index (χ4n) is 2.92. The summed E-state index contributed by atoms with van der Waals surface area (Å²) < 4.78 is 5.32. The molecule has 0 unspecified atom stereocenters. The highest BCUT2D eigenvalue weighted by Gasteiger charge is 2.16. The predicted molar refractivity (Wildman–Crippen MR) is 99.8 cm³/mol. The van der Waals surface area contributed by atoms with Crippen LogP contribution in [0.4, 0.5) is 0 Å². The molecule has 25 heavy (non-hydrogen) atoms. The summed E-state index contributed by atoms with van der Waals surface area (Å²) in [5, 5.41) is 11.5. The number of nitrogens with zero attached hydrogens (tertiary/aromatic N) is 3. The zero-order chi connectivity index (χ0) is 17.5. The van der Waals surface area contributed by atoms with Crippen molar-refractivity contribution in [2.75, 3.05) is 13.1 Å². The first-order valence-corrected chi connectivity index (χ1v) is 9.26. The molecule has 0 amide bonds. The normalized spacial score (nSPS) is 15.5. The molecule has 1 aromatic carbocycles. The minimum absolute atomic E-state index is 0.540. The summed E-state index contributed by atoms with van der Waals surface area (Å²) in [6.45, 7) is 3.52. The number of aliphatic imine (C=N–C) groups is 1. The smallest absolute Gasteiger partial charge is 0.228 e. The van der Waals surface area contributed by atoms with Crippen LogP contribution in [0.1, 0.15) is 38.5 Å². The molecule has 134 valence electrons. The summed E-state index contributed by atoms with van der Waals surface area (Å²) in [6.07, 6.45) is 5.65. The molecule has 1 saturated carbocycles. The number of aromatic nitrogens is 2. The minimum atomic E-state index is 0.540. The van der Waals surface area contributed by atoms with E-state index in [9.17, 15) is 0 Å². The molecule has 7 heteroatoms. The van der Waals surface area contributed by atoms with Crippen molar-refractivity contribution in [3.8, 4) is 11.4 Å². The molecule has 2 N–H and O–H groups in total. The van der Waals surface area contributed by atoms with Crippen molar-refractivity contribution in [3.63, 3.8) is 0 Å². The van der Waals surface area contributed by atoms with Gasteiger partial charge in [0.1, 0.15) is 0 Å². The molecule has 0 radical (unpaired) electrons. The Morgan fingerprint density at radius 2 is 2.04 bits per heavy atom. The molecule has 3 rings (SSSR count). The Hall–Kier alpha value is -2.08. The molecule has 0 aliphatic heterocycles. The monoisotopic (exact) mass is 361 g/mol. The van der Waals surface area contributed by atoms with Crippen LogP contribution in [-0.4, -0.2) is 35.2 Å². The van der Waals surface area contributed by atoms with E-state index in [1.807, 2.05) is 24.3 Å². The van der Waals surface area contributed by atoms with Crippen molar-refractivity contribution in [2.24, 2.45) is 4.99 Å². The molecular weight excluding hydrogens is 338 g/mol. The molecule has 2 aromatic rings. The van der Waals surface area contributed by atoms with Crippen LogP contribution >= 0.6 is 11.6 Å². The third-order valence-electron chi connectivity index (χ3n) is 4.21. The highest BCUT2D eigenvalue weighted by molar-refractivity contribution is 6.30. The Labute approximate surface area is 153 Å². The maximum absolute atomic E-state index is 5.90. The van der Waals surface area contributed by atoms with Gasteiger partial charge in [-0.15, -0.1) is 0 Å². The van der Waals surface area contributed by atoms with Crippen molar-refractivity contribution in [1.82, 2.24) is 20.8 Å². The summed E-state index contributed by atoms with van der Waals surface area (Å²) in [7, 11) is 0. The van der Waals surface area contributed by atoms with E-state index in [1.54, 1.807) is 0 Å². The van der Waals surface area contributed by atoms with Gasteiger partial charge in [-0.1, -0.05) is 29.6 Å². The van der Waals surface area contributed by atoms with Crippen LogP contribution in [-0.2, 0) is 6.42 Å². The molecular formula is C18H24ClN5O. The van der Waals surface area contributed by atoms with E-state index in [0.717, 1.165) is 18.1 Å². The van der Waals surface area contributed by atoms with Crippen molar-refractivity contribution in [2.45, 2.75) is 45.1 Å². The minimum Gasteiger partial charge on any atom is -0.357 e. The molecule has 1 fully saturated rings. The first kappa shape index (κ1) is 17.7. The standard InChI is InChI=1S/C18H24ClN5O/c1-2-20-18(22-15-5-3-4-6-15)21-12-11-16-23-17(24-25-16)13-7-9-14(19)10-8-13/h7-10,15H,2-6,11-12H2,1H3,(H2,20,21,22). The third kappa shape index (κ3) is 5.19. The van der Waals surface area contributed by atoms with Gasteiger partial charge in [-0.05, 0) is 44.0 Å². The number of rotatable bonds is 6. The molecule has 1 heterocycles. The van der Waals surface area contributed by atoms with Crippen LogP contribution in [0.2, 0.25) is 5.02 Å². The zero-order valence-corrected chi connectivity index (χ0v) is 15.2. The number of hydrogen-bond donors (Lipinski definition) is 2. The highest BCUT2D eigenvalue weighted by Crippen LogP contribution is 2.19. The van der Waals surface area contributed by atoms with Crippen LogP contribution in [0, 0.1) is 0 Å². The number of guanidine groups is 1. The Morgan fingerprint density at radius 1 is 1.28 bits per heavy atom. The fourth-order valence-corrected chi connectivity index (χ4v) is 3.05. The molecule has 6 nitrogen and oxygen atoms in total. The van der Waals surface area contributed by atoms with Gasteiger partial charge in [-0.25, -0.2) is 0 Å². The Bertz CT molecular complexity index is 692. The Kier molecular flexibility index (Phi) is 6.28. The second kappa shape index (κ2) is 8.85.